The molecule has 0 fully saturated rings. The zero-order valence-electron chi connectivity index (χ0n) is 16.0. The van der Waals surface area contributed by atoms with Gasteiger partial charge in [0, 0.05) is 14.1 Å². The number of sulfonamides is 1. The van der Waals surface area contributed by atoms with E-state index in [0.29, 0.717) is 5.52 Å². The number of hydrogen-bond acceptors (Lipinski definition) is 6. The SMILES string of the molecule is CCOC(=O)c1ccc(S(=O)(=O)Nc2ccc3c(=O)n(C)c(=O)n(C)c3c2)cc1. The van der Waals surface area contributed by atoms with Gasteiger partial charge in [0.05, 0.1) is 33.7 Å². The lowest BCUT2D eigenvalue weighted by atomic mass is 10.2. The van der Waals surface area contributed by atoms with Gasteiger partial charge in [0.2, 0.25) is 0 Å². The monoisotopic (exact) mass is 417 g/mol. The van der Waals surface area contributed by atoms with E-state index in [1.165, 1.54) is 61.1 Å². The van der Waals surface area contributed by atoms with Crippen LogP contribution in [0, 0.1) is 0 Å². The number of nitrogens with zero attached hydrogens (tertiary/aromatic N) is 2. The molecule has 0 atom stereocenters. The van der Waals surface area contributed by atoms with Crippen molar-refractivity contribution in [3.05, 3.63) is 68.9 Å². The highest BCUT2D eigenvalue weighted by Crippen LogP contribution is 2.20. The highest BCUT2D eigenvalue weighted by Gasteiger charge is 2.17. The topological polar surface area (TPSA) is 116 Å². The van der Waals surface area contributed by atoms with E-state index >= 15 is 0 Å². The van der Waals surface area contributed by atoms with Crippen molar-refractivity contribution in [1.29, 1.82) is 0 Å². The standard InChI is InChI=1S/C19H19N3O6S/c1-4-28-18(24)12-5-8-14(9-6-12)29(26,27)20-13-7-10-15-16(11-13)21(2)19(25)22(3)17(15)23/h5-11,20H,4H2,1-3H3. The number of anilines is 1. The largest absolute Gasteiger partial charge is 0.462 e. The van der Waals surface area contributed by atoms with Crippen LogP contribution in [0.25, 0.3) is 10.9 Å². The molecule has 0 bridgehead atoms. The summed E-state index contributed by atoms with van der Waals surface area (Å²) in [5.41, 5.74) is -0.252. The highest BCUT2D eigenvalue weighted by molar-refractivity contribution is 7.92. The molecule has 2 aromatic carbocycles. The first-order chi connectivity index (χ1) is 13.7. The van der Waals surface area contributed by atoms with Gasteiger partial charge in [-0.2, -0.15) is 0 Å². The third-order valence-electron chi connectivity index (χ3n) is 4.40. The summed E-state index contributed by atoms with van der Waals surface area (Å²) in [4.78, 5) is 36.0. The van der Waals surface area contributed by atoms with Crippen LogP contribution in [0.15, 0.2) is 56.9 Å². The van der Waals surface area contributed by atoms with Crippen LogP contribution in [-0.4, -0.2) is 30.1 Å². The van der Waals surface area contributed by atoms with Crippen LogP contribution in [0.1, 0.15) is 17.3 Å². The number of hydrogen-bond donors (Lipinski definition) is 1. The minimum absolute atomic E-state index is 0.0523. The molecule has 0 saturated heterocycles. The first-order valence-corrected chi connectivity index (χ1v) is 10.1. The van der Waals surface area contributed by atoms with Gasteiger partial charge in [-0.05, 0) is 49.4 Å². The summed E-state index contributed by atoms with van der Waals surface area (Å²) in [6.07, 6.45) is 0. The predicted molar refractivity (Wildman–Crippen MR) is 108 cm³/mol. The van der Waals surface area contributed by atoms with E-state index in [9.17, 15) is 22.8 Å². The second-order valence-corrected chi connectivity index (χ2v) is 7.97. The molecule has 1 N–H and O–H groups in total. The van der Waals surface area contributed by atoms with Gasteiger partial charge in [0.25, 0.3) is 15.6 Å². The molecule has 29 heavy (non-hydrogen) atoms. The van der Waals surface area contributed by atoms with Crippen LogP contribution in [0.3, 0.4) is 0 Å². The molecule has 0 aliphatic carbocycles. The van der Waals surface area contributed by atoms with E-state index < -0.39 is 27.2 Å². The van der Waals surface area contributed by atoms with Crippen LogP contribution in [0.5, 0.6) is 0 Å². The fourth-order valence-corrected chi connectivity index (χ4v) is 3.90. The number of rotatable bonds is 5. The lowest BCUT2D eigenvalue weighted by Gasteiger charge is -2.11. The van der Waals surface area contributed by atoms with Crippen molar-refractivity contribution in [2.75, 3.05) is 11.3 Å². The van der Waals surface area contributed by atoms with Gasteiger partial charge in [-0.15, -0.1) is 0 Å². The van der Waals surface area contributed by atoms with Crippen LogP contribution >= 0.6 is 0 Å². The molecule has 1 heterocycles. The van der Waals surface area contributed by atoms with Crippen molar-refractivity contribution in [2.45, 2.75) is 11.8 Å². The fourth-order valence-electron chi connectivity index (χ4n) is 2.85. The van der Waals surface area contributed by atoms with E-state index in [1.54, 1.807) is 6.92 Å². The molecule has 0 saturated carbocycles. The molecule has 152 valence electrons. The van der Waals surface area contributed by atoms with Gasteiger partial charge in [0.15, 0.2) is 0 Å². The number of fused-ring (bicyclic) bond motifs is 1. The third-order valence-corrected chi connectivity index (χ3v) is 5.79. The molecular formula is C19H19N3O6S. The lowest BCUT2D eigenvalue weighted by molar-refractivity contribution is 0.0526. The zero-order chi connectivity index (χ0) is 21.3. The van der Waals surface area contributed by atoms with E-state index in [-0.39, 0.29) is 28.1 Å². The van der Waals surface area contributed by atoms with Crippen LogP contribution in [0.4, 0.5) is 5.69 Å². The van der Waals surface area contributed by atoms with Gasteiger partial charge < -0.3 is 4.74 Å². The van der Waals surface area contributed by atoms with Gasteiger partial charge >= 0.3 is 11.7 Å². The molecule has 0 aliphatic rings. The maximum Gasteiger partial charge on any atom is 0.338 e. The number of carbonyl (C=O) groups is 1. The minimum atomic E-state index is -3.95. The average molecular weight is 417 g/mol. The Hall–Kier alpha value is -3.40. The molecule has 1 aromatic heterocycles. The second kappa shape index (κ2) is 7.55. The average Bonchev–Trinajstić information content (AvgIpc) is 2.70. The van der Waals surface area contributed by atoms with Crippen molar-refractivity contribution in [2.24, 2.45) is 14.1 Å². The summed E-state index contributed by atoms with van der Waals surface area (Å²) >= 11 is 0. The van der Waals surface area contributed by atoms with Gasteiger partial charge in [0.1, 0.15) is 0 Å². The fraction of sp³-hybridized carbons (Fsp3) is 0.211. The summed E-state index contributed by atoms with van der Waals surface area (Å²) in [6, 6.07) is 9.63. The van der Waals surface area contributed by atoms with Crippen molar-refractivity contribution in [3.8, 4) is 0 Å². The normalized spacial score (nSPS) is 11.4. The summed E-state index contributed by atoms with van der Waals surface area (Å²) < 4.78 is 34.8. The Morgan fingerprint density at radius 1 is 1.03 bits per heavy atom. The Morgan fingerprint density at radius 3 is 2.31 bits per heavy atom. The Bertz CT molecular complexity index is 1320. The van der Waals surface area contributed by atoms with Gasteiger partial charge in [-0.3, -0.25) is 18.7 Å². The number of ether oxygens (including phenoxy) is 1. The Kier molecular flexibility index (Phi) is 5.29. The molecule has 0 radical (unpaired) electrons. The van der Waals surface area contributed by atoms with Crippen LogP contribution in [0.2, 0.25) is 0 Å². The maximum absolute atomic E-state index is 12.7. The predicted octanol–water partition coefficient (Wildman–Crippen LogP) is 1.21. The Morgan fingerprint density at radius 2 is 1.69 bits per heavy atom. The Labute approximate surface area is 166 Å². The lowest BCUT2D eigenvalue weighted by Crippen LogP contribution is -2.36. The quantitative estimate of drug-likeness (QED) is 0.624. The number of carbonyl (C=O) groups excluding carboxylic acids is 1. The molecule has 9 nitrogen and oxygen atoms in total. The summed E-state index contributed by atoms with van der Waals surface area (Å²) in [5, 5.41) is 0.288. The summed E-state index contributed by atoms with van der Waals surface area (Å²) in [6.45, 7) is 1.89. The van der Waals surface area contributed by atoms with Crippen LogP contribution < -0.4 is 16.0 Å². The van der Waals surface area contributed by atoms with E-state index in [2.05, 4.69) is 4.72 Å². The molecule has 3 aromatic rings. The van der Waals surface area contributed by atoms with Crippen molar-refractivity contribution >= 4 is 32.6 Å². The van der Waals surface area contributed by atoms with Gasteiger partial charge in [-0.25, -0.2) is 18.0 Å². The number of nitrogens with one attached hydrogen (secondary N) is 1. The summed E-state index contributed by atoms with van der Waals surface area (Å²) in [7, 11) is -1.08. The zero-order valence-corrected chi connectivity index (χ0v) is 16.8. The van der Waals surface area contributed by atoms with Gasteiger partial charge in [-0.1, -0.05) is 0 Å². The highest BCUT2D eigenvalue weighted by atomic mass is 32.2. The molecular weight excluding hydrogens is 398 g/mol. The second-order valence-electron chi connectivity index (χ2n) is 6.29. The smallest absolute Gasteiger partial charge is 0.338 e. The minimum Gasteiger partial charge on any atom is -0.462 e. The van der Waals surface area contributed by atoms with Crippen molar-refractivity contribution < 1.29 is 17.9 Å². The number of benzene rings is 2. The first kappa shape index (κ1) is 20.3. The van der Waals surface area contributed by atoms with E-state index in [1.807, 2.05) is 0 Å². The molecule has 0 amide bonds. The number of aryl methyl sites for hydroxylation is 1. The van der Waals surface area contributed by atoms with Crippen molar-refractivity contribution in [3.63, 3.8) is 0 Å². The third kappa shape index (κ3) is 3.79. The Balaban J connectivity index is 1.96. The summed E-state index contributed by atoms with van der Waals surface area (Å²) in [5.74, 6) is -0.540. The molecule has 0 aliphatic heterocycles. The number of aromatic nitrogens is 2. The molecule has 3 rings (SSSR count). The molecule has 0 unspecified atom stereocenters. The van der Waals surface area contributed by atoms with E-state index in [4.69, 9.17) is 4.74 Å². The molecule has 10 heteroatoms. The van der Waals surface area contributed by atoms with Crippen LogP contribution in [-0.2, 0) is 28.9 Å². The molecule has 0 spiro atoms. The first-order valence-electron chi connectivity index (χ1n) is 8.65. The maximum atomic E-state index is 12.7. The number of esters is 1. The van der Waals surface area contributed by atoms with E-state index in [0.717, 1.165) is 4.57 Å². The van der Waals surface area contributed by atoms with Crippen molar-refractivity contribution in [1.82, 2.24) is 9.13 Å².